The summed E-state index contributed by atoms with van der Waals surface area (Å²) in [5, 5.41) is 7.54. The first-order valence-corrected chi connectivity index (χ1v) is 5.02. The van der Waals surface area contributed by atoms with Crippen LogP contribution in [0.1, 0.15) is 36.6 Å². The number of hydrogen-bond acceptors (Lipinski definition) is 3. The van der Waals surface area contributed by atoms with Gasteiger partial charge in [-0.05, 0) is 26.2 Å². The topological polar surface area (TPSA) is 38.1 Å². The standard InChI is InChI=1S/C10H14N2O/c1-6-4-10(13-12-6)8-5-7-2-3-9(8)11-7/h4,7-9,11H,2-3,5H2,1H3/t7-,8-,9-/m1/s1. The van der Waals surface area contributed by atoms with Crippen LogP contribution < -0.4 is 5.32 Å². The predicted molar refractivity (Wildman–Crippen MR) is 48.5 cm³/mol. The number of aryl methyl sites for hydroxylation is 1. The van der Waals surface area contributed by atoms with Gasteiger partial charge >= 0.3 is 0 Å². The van der Waals surface area contributed by atoms with Crippen molar-refractivity contribution in [1.82, 2.24) is 10.5 Å². The molecule has 0 radical (unpaired) electrons. The van der Waals surface area contributed by atoms with Gasteiger partial charge in [-0.15, -0.1) is 0 Å². The minimum atomic E-state index is 0.583. The zero-order chi connectivity index (χ0) is 8.84. The lowest BCUT2D eigenvalue weighted by Crippen LogP contribution is -2.21. The third-order valence-electron chi connectivity index (χ3n) is 3.31. The van der Waals surface area contributed by atoms with E-state index < -0.39 is 0 Å². The van der Waals surface area contributed by atoms with Gasteiger partial charge in [0.15, 0.2) is 0 Å². The fraction of sp³-hybridized carbons (Fsp3) is 0.700. The molecule has 13 heavy (non-hydrogen) atoms. The summed E-state index contributed by atoms with van der Waals surface area (Å²) >= 11 is 0. The minimum absolute atomic E-state index is 0.583. The smallest absolute Gasteiger partial charge is 0.141 e. The Balaban J connectivity index is 1.87. The predicted octanol–water partition coefficient (Wildman–Crippen LogP) is 1.59. The quantitative estimate of drug-likeness (QED) is 0.709. The highest BCUT2D eigenvalue weighted by Crippen LogP contribution is 2.39. The lowest BCUT2D eigenvalue weighted by molar-refractivity contribution is 0.334. The van der Waals surface area contributed by atoms with E-state index >= 15 is 0 Å². The first-order valence-electron chi connectivity index (χ1n) is 5.02. The van der Waals surface area contributed by atoms with Crippen LogP contribution in [-0.2, 0) is 0 Å². The van der Waals surface area contributed by atoms with E-state index in [-0.39, 0.29) is 0 Å². The lowest BCUT2D eigenvalue weighted by atomic mass is 9.87. The molecule has 2 saturated heterocycles. The number of nitrogens with zero attached hydrogens (tertiary/aromatic N) is 1. The Bertz CT molecular complexity index is 320. The van der Waals surface area contributed by atoms with E-state index in [1.165, 1.54) is 19.3 Å². The second-order valence-electron chi connectivity index (χ2n) is 4.26. The summed E-state index contributed by atoms with van der Waals surface area (Å²) in [6.45, 7) is 1.98. The summed E-state index contributed by atoms with van der Waals surface area (Å²) in [5.74, 6) is 1.66. The van der Waals surface area contributed by atoms with E-state index in [0.29, 0.717) is 12.0 Å². The molecule has 0 spiro atoms. The molecule has 0 aromatic carbocycles. The summed E-state index contributed by atoms with van der Waals surface area (Å²) in [4.78, 5) is 0. The third-order valence-corrected chi connectivity index (χ3v) is 3.31. The molecule has 0 aliphatic carbocycles. The summed E-state index contributed by atoms with van der Waals surface area (Å²) in [7, 11) is 0. The van der Waals surface area contributed by atoms with Gasteiger partial charge in [0, 0.05) is 24.1 Å². The maximum Gasteiger partial charge on any atom is 0.141 e. The van der Waals surface area contributed by atoms with Crippen LogP contribution in [0.15, 0.2) is 10.6 Å². The summed E-state index contributed by atoms with van der Waals surface area (Å²) in [6, 6.07) is 3.46. The Hall–Kier alpha value is -0.830. The molecule has 3 nitrogen and oxygen atoms in total. The average molecular weight is 178 g/mol. The molecule has 3 heterocycles. The Labute approximate surface area is 77.5 Å². The van der Waals surface area contributed by atoms with Crippen molar-refractivity contribution in [2.75, 3.05) is 0 Å². The summed E-state index contributed by atoms with van der Waals surface area (Å²) in [5.41, 5.74) is 0.998. The molecule has 2 aliphatic heterocycles. The molecule has 2 aliphatic rings. The van der Waals surface area contributed by atoms with Crippen molar-refractivity contribution < 1.29 is 4.52 Å². The SMILES string of the molecule is Cc1cc([C@@H]2C[C@H]3CC[C@H]2N3)on1. The number of rotatable bonds is 1. The number of hydrogen-bond donors (Lipinski definition) is 1. The summed E-state index contributed by atoms with van der Waals surface area (Å²) in [6.07, 6.45) is 3.88. The molecule has 2 bridgehead atoms. The summed E-state index contributed by atoms with van der Waals surface area (Å²) < 4.78 is 5.31. The Morgan fingerprint density at radius 2 is 2.46 bits per heavy atom. The molecule has 1 N–H and O–H groups in total. The van der Waals surface area contributed by atoms with Gasteiger partial charge in [-0.3, -0.25) is 0 Å². The monoisotopic (exact) mass is 178 g/mol. The Kier molecular flexibility index (Phi) is 1.50. The van der Waals surface area contributed by atoms with Crippen LogP contribution in [0.4, 0.5) is 0 Å². The Morgan fingerprint density at radius 3 is 3.00 bits per heavy atom. The second kappa shape index (κ2) is 2.58. The minimum Gasteiger partial charge on any atom is -0.361 e. The van der Waals surface area contributed by atoms with Crippen LogP contribution in [0, 0.1) is 6.92 Å². The van der Waals surface area contributed by atoms with Crippen LogP contribution in [0.2, 0.25) is 0 Å². The molecule has 1 aromatic rings. The molecule has 0 amide bonds. The highest BCUT2D eigenvalue weighted by Gasteiger charge is 2.41. The number of aromatic nitrogens is 1. The van der Waals surface area contributed by atoms with Gasteiger partial charge in [0.25, 0.3) is 0 Å². The van der Waals surface area contributed by atoms with Crippen molar-refractivity contribution in [3.8, 4) is 0 Å². The molecule has 2 fully saturated rings. The fourth-order valence-corrected chi connectivity index (χ4v) is 2.70. The zero-order valence-corrected chi connectivity index (χ0v) is 7.79. The van der Waals surface area contributed by atoms with E-state index in [1.54, 1.807) is 0 Å². The van der Waals surface area contributed by atoms with Gasteiger partial charge in [-0.25, -0.2) is 0 Å². The van der Waals surface area contributed by atoms with Gasteiger partial charge < -0.3 is 9.84 Å². The van der Waals surface area contributed by atoms with E-state index in [2.05, 4.69) is 16.5 Å². The molecule has 3 atom stereocenters. The molecular formula is C10H14N2O. The number of nitrogens with one attached hydrogen (secondary N) is 1. The van der Waals surface area contributed by atoms with Gasteiger partial charge in [0.1, 0.15) is 5.76 Å². The van der Waals surface area contributed by atoms with Gasteiger partial charge in [0.05, 0.1) is 5.69 Å². The molecular weight excluding hydrogens is 164 g/mol. The van der Waals surface area contributed by atoms with Crippen LogP contribution in [-0.4, -0.2) is 17.2 Å². The molecule has 1 aromatic heterocycles. The first-order chi connectivity index (χ1) is 6.33. The number of fused-ring (bicyclic) bond motifs is 2. The average Bonchev–Trinajstić information content (AvgIpc) is 2.77. The molecule has 3 rings (SSSR count). The van der Waals surface area contributed by atoms with E-state index in [9.17, 15) is 0 Å². The van der Waals surface area contributed by atoms with Crippen LogP contribution in [0.3, 0.4) is 0 Å². The third kappa shape index (κ3) is 1.10. The van der Waals surface area contributed by atoms with E-state index in [4.69, 9.17) is 4.52 Å². The van der Waals surface area contributed by atoms with Crippen LogP contribution >= 0.6 is 0 Å². The van der Waals surface area contributed by atoms with Crippen molar-refractivity contribution in [2.24, 2.45) is 0 Å². The highest BCUT2D eigenvalue weighted by atomic mass is 16.5. The second-order valence-corrected chi connectivity index (χ2v) is 4.26. The van der Waals surface area contributed by atoms with Crippen molar-refractivity contribution in [1.29, 1.82) is 0 Å². The van der Waals surface area contributed by atoms with Crippen molar-refractivity contribution >= 4 is 0 Å². The fourth-order valence-electron chi connectivity index (χ4n) is 2.70. The molecule has 70 valence electrons. The highest BCUT2D eigenvalue weighted by molar-refractivity contribution is 5.16. The normalized spacial score (nSPS) is 37.2. The van der Waals surface area contributed by atoms with Crippen molar-refractivity contribution in [3.05, 3.63) is 17.5 Å². The van der Waals surface area contributed by atoms with Gasteiger partial charge in [-0.1, -0.05) is 5.16 Å². The van der Waals surface area contributed by atoms with Crippen molar-refractivity contribution in [2.45, 2.75) is 44.2 Å². The molecule has 0 saturated carbocycles. The maximum atomic E-state index is 5.31. The van der Waals surface area contributed by atoms with E-state index in [1.807, 2.05) is 6.92 Å². The molecule has 0 unspecified atom stereocenters. The maximum absolute atomic E-state index is 5.31. The van der Waals surface area contributed by atoms with Crippen LogP contribution in [0.25, 0.3) is 0 Å². The Morgan fingerprint density at radius 1 is 1.54 bits per heavy atom. The van der Waals surface area contributed by atoms with Gasteiger partial charge in [0.2, 0.25) is 0 Å². The first kappa shape index (κ1) is 7.56. The van der Waals surface area contributed by atoms with E-state index in [0.717, 1.165) is 17.5 Å². The lowest BCUT2D eigenvalue weighted by Gasteiger charge is -2.16. The zero-order valence-electron chi connectivity index (χ0n) is 7.79. The van der Waals surface area contributed by atoms with Crippen molar-refractivity contribution in [3.63, 3.8) is 0 Å². The van der Waals surface area contributed by atoms with Gasteiger partial charge in [-0.2, -0.15) is 0 Å². The van der Waals surface area contributed by atoms with Crippen LogP contribution in [0.5, 0.6) is 0 Å². The molecule has 3 heteroatoms. The largest absolute Gasteiger partial charge is 0.361 e.